The Balaban J connectivity index is 2.47. The van der Waals surface area contributed by atoms with Crippen molar-refractivity contribution in [3.63, 3.8) is 0 Å². The molecule has 0 spiro atoms. The van der Waals surface area contributed by atoms with Gasteiger partial charge in [-0.1, -0.05) is 19.3 Å². The minimum atomic E-state index is -0.189. The van der Waals surface area contributed by atoms with E-state index < -0.39 is 0 Å². The lowest BCUT2D eigenvalue weighted by atomic mass is 10.0. The van der Waals surface area contributed by atoms with Crippen LogP contribution in [0.2, 0.25) is 0 Å². The van der Waals surface area contributed by atoms with Crippen LogP contribution in [0.3, 0.4) is 0 Å². The third-order valence-electron chi connectivity index (χ3n) is 3.87. The molecule has 1 aliphatic rings. The molecule has 2 unspecified atom stereocenters. The highest BCUT2D eigenvalue weighted by molar-refractivity contribution is 4.81. The molecule has 1 N–H and O–H groups in total. The van der Waals surface area contributed by atoms with Gasteiger partial charge in [0.2, 0.25) is 0 Å². The van der Waals surface area contributed by atoms with Crippen LogP contribution in [0.25, 0.3) is 0 Å². The fourth-order valence-electron chi connectivity index (χ4n) is 2.79. The van der Waals surface area contributed by atoms with Crippen molar-refractivity contribution in [1.29, 1.82) is 0 Å². The number of aliphatic hydroxyl groups excluding tert-OH is 1. The lowest BCUT2D eigenvalue weighted by Gasteiger charge is -2.33. The van der Waals surface area contributed by atoms with Crippen LogP contribution >= 0.6 is 0 Å². The molecular formula is C15H31NO3. The van der Waals surface area contributed by atoms with Crippen LogP contribution in [-0.4, -0.2) is 61.7 Å². The van der Waals surface area contributed by atoms with Crippen LogP contribution in [0, 0.1) is 0 Å². The first kappa shape index (κ1) is 16.9. The number of nitrogens with zero attached hydrogens (tertiary/aromatic N) is 1. The molecule has 0 saturated heterocycles. The second-order valence-corrected chi connectivity index (χ2v) is 5.20. The summed E-state index contributed by atoms with van der Waals surface area (Å²) in [5, 5.41) is 10.3. The number of hydrogen-bond acceptors (Lipinski definition) is 4. The van der Waals surface area contributed by atoms with E-state index in [2.05, 4.69) is 4.90 Å². The summed E-state index contributed by atoms with van der Waals surface area (Å²) in [6, 6.07) is 0.281. The van der Waals surface area contributed by atoms with Crippen molar-refractivity contribution in [2.45, 2.75) is 58.1 Å². The second kappa shape index (κ2) is 10.6. The van der Waals surface area contributed by atoms with Gasteiger partial charge in [-0.2, -0.15) is 0 Å². The van der Waals surface area contributed by atoms with Gasteiger partial charge in [0.15, 0.2) is 0 Å². The van der Waals surface area contributed by atoms with E-state index in [0.29, 0.717) is 0 Å². The number of rotatable bonds is 9. The van der Waals surface area contributed by atoms with E-state index in [0.717, 1.165) is 58.8 Å². The van der Waals surface area contributed by atoms with E-state index >= 15 is 0 Å². The maximum Gasteiger partial charge on any atom is 0.0695 e. The van der Waals surface area contributed by atoms with Crippen molar-refractivity contribution in [1.82, 2.24) is 4.90 Å². The number of hydrogen-bond donors (Lipinski definition) is 1. The SMILES string of the molecule is CCOCCN(CCOCC)C1CCCCCC1O. The van der Waals surface area contributed by atoms with Crippen molar-refractivity contribution in [3.8, 4) is 0 Å². The Labute approximate surface area is 118 Å². The first-order chi connectivity index (χ1) is 9.29. The smallest absolute Gasteiger partial charge is 0.0695 e. The van der Waals surface area contributed by atoms with E-state index in [-0.39, 0.29) is 12.1 Å². The highest BCUT2D eigenvalue weighted by Gasteiger charge is 2.27. The topological polar surface area (TPSA) is 41.9 Å². The summed E-state index contributed by atoms with van der Waals surface area (Å²) in [5.41, 5.74) is 0. The number of aliphatic hydroxyl groups is 1. The second-order valence-electron chi connectivity index (χ2n) is 5.20. The van der Waals surface area contributed by atoms with E-state index in [9.17, 15) is 5.11 Å². The third kappa shape index (κ3) is 6.70. The molecule has 1 aliphatic carbocycles. The largest absolute Gasteiger partial charge is 0.391 e. The van der Waals surface area contributed by atoms with Crippen molar-refractivity contribution in [2.24, 2.45) is 0 Å². The zero-order valence-electron chi connectivity index (χ0n) is 12.6. The first-order valence-electron chi connectivity index (χ1n) is 7.87. The standard InChI is InChI=1S/C15H31NO3/c1-3-18-12-10-16(11-13-19-4-2)14-8-6-5-7-9-15(14)17/h14-15,17H,3-13H2,1-2H3. The fraction of sp³-hybridized carbons (Fsp3) is 1.00. The normalized spacial score (nSPS) is 24.6. The maximum absolute atomic E-state index is 10.3. The molecule has 0 aromatic rings. The Morgan fingerprint density at radius 2 is 1.53 bits per heavy atom. The molecular weight excluding hydrogens is 242 g/mol. The molecule has 2 atom stereocenters. The predicted molar refractivity (Wildman–Crippen MR) is 77.4 cm³/mol. The Morgan fingerprint density at radius 3 is 2.11 bits per heavy atom. The lowest BCUT2D eigenvalue weighted by Crippen LogP contribution is -2.46. The third-order valence-corrected chi connectivity index (χ3v) is 3.87. The van der Waals surface area contributed by atoms with Crippen LogP contribution in [0.15, 0.2) is 0 Å². The maximum atomic E-state index is 10.3. The summed E-state index contributed by atoms with van der Waals surface area (Å²) in [5.74, 6) is 0. The van der Waals surface area contributed by atoms with E-state index in [1.807, 2.05) is 13.8 Å². The van der Waals surface area contributed by atoms with Crippen LogP contribution in [0.4, 0.5) is 0 Å². The summed E-state index contributed by atoms with van der Waals surface area (Å²) in [7, 11) is 0. The molecule has 114 valence electrons. The minimum absolute atomic E-state index is 0.189. The molecule has 0 heterocycles. The summed E-state index contributed by atoms with van der Waals surface area (Å²) in [4.78, 5) is 2.36. The van der Waals surface area contributed by atoms with Gasteiger partial charge < -0.3 is 14.6 Å². The zero-order valence-corrected chi connectivity index (χ0v) is 12.6. The monoisotopic (exact) mass is 273 g/mol. The molecule has 0 aromatic carbocycles. The molecule has 4 nitrogen and oxygen atoms in total. The molecule has 0 aliphatic heterocycles. The highest BCUT2D eigenvalue weighted by atomic mass is 16.5. The van der Waals surface area contributed by atoms with Crippen molar-refractivity contribution in [2.75, 3.05) is 39.5 Å². The Morgan fingerprint density at radius 1 is 0.947 bits per heavy atom. The Hall–Kier alpha value is -0.160. The van der Waals surface area contributed by atoms with Crippen LogP contribution in [0.1, 0.15) is 46.0 Å². The summed E-state index contributed by atoms with van der Waals surface area (Å²) in [6.07, 6.45) is 5.47. The number of ether oxygens (including phenoxy) is 2. The lowest BCUT2D eigenvalue weighted by molar-refractivity contribution is 0.00864. The van der Waals surface area contributed by atoms with Crippen LogP contribution < -0.4 is 0 Å². The summed E-state index contributed by atoms with van der Waals surface area (Å²) in [6.45, 7) is 8.82. The summed E-state index contributed by atoms with van der Waals surface area (Å²) >= 11 is 0. The molecule has 4 heteroatoms. The zero-order chi connectivity index (χ0) is 13.9. The van der Waals surface area contributed by atoms with Gasteiger partial charge in [0, 0.05) is 32.3 Å². The van der Waals surface area contributed by atoms with Gasteiger partial charge in [-0.15, -0.1) is 0 Å². The Bertz CT molecular complexity index is 204. The first-order valence-corrected chi connectivity index (χ1v) is 7.87. The summed E-state index contributed by atoms with van der Waals surface area (Å²) < 4.78 is 10.9. The van der Waals surface area contributed by atoms with E-state index in [1.54, 1.807) is 0 Å². The predicted octanol–water partition coefficient (Wildman–Crippen LogP) is 2.06. The molecule has 0 aromatic heterocycles. The van der Waals surface area contributed by atoms with E-state index in [4.69, 9.17) is 9.47 Å². The van der Waals surface area contributed by atoms with Crippen LogP contribution in [-0.2, 0) is 9.47 Å². The quantitative estimate of drug-likeness (QED) is 0.516. The van der Waals surface area contributed by atoms with Crippen LogP contribution in [0.5, 0.6) is 0 Å². The molecule has 1 rings (SSSR count). The minimum Gasteiger partial charge on any atom is -0.391 e. The Kier molecular flexibility index (Phi) is 9.43. The average molecular weight is 273 g/mol. The van der Waals surface area contributed by atoms with Gasteiger partial charge >= 0.3 is 0 Å². The molecule has 0 radical (unpaired) electrons. The van der Waals surface area contributed by atoms with Gasteiger partial charge in [0.05, 0.1) is 19.3 Å². The van der Waals surface area contributed by atoms with Gasteiger partial charge in [0.25, 0.3) is 0 Å². The van der Waals surface area contributed by atoms with Crippen molar-refractivity contribution in [3.05, 3.63) is 0 Å². The molecule has 1 saturated carbocycles. The van der Waals surface area contributed by atoms with Gasteiger partial charge in [-0.25, -0.2) is 0 Å². The van der Waals surface area contributed by atoms with E-state index in [1.165, 1.54) is 12.8 Å². The fourth-order valence-corrected chi connectivity index (χ4v) is 2.79. The molecule has 0 amide bonds. The molecule has 0 bridgehead atoms. The average Bonchev–Trinajstić information content (AvgIpc) is 2.62. The van der Waals surface area contributed by atoms with Crippen molar-refractivity contribution >= 4 is 0 Å². The van der Waals surface area contributed by atoms with Gasteiger partial charge in [-0.05, 0) is 26.7 Å². The van der Waals surface area contributed by atoms with Crippen molar-refractivity contribution < 1.29 is 14.6 Å². The molecule has 1 fully saturated rings. The highest BCUT2D eigenvalue weighted by Crippen LogP contribution is 2.22. The van der Waals surface area contributed by atoms with Gasteiger partial charge in [0.1, 0.15) is 0 Å². The van der Waals surface area contributed by atoms with Gasteiger partial charge in [-0.3, -0.25) is 4.90 Å². The molecule has 19 heavy (non-hydrogen) atoms.